The third-order valence-corrected chi connectivity index (χ3v) is 6.18. The monoisotopic (exact) mass is 402 g/mol. The van der Waals surface area contributed by atoms with E-state index in [4.69, 9.17) is 0 Å². The zero-order chi connectivity index (χ0) is 20.8. The fraction of sp³-hybridized carbons (Fsp3) is 0.385. The Morgan fingerprint density at radius 1 is 0.933 bits per heavy atom. The summed E-state index contributed by atoms with van der Waals surface area (Å²) >= 11 is 0. The maximum atomic E-state index is 13.3. The van der Waals surface area contributed by atoms with E-state index in [1.807, 2.05) is 48.5 Å². The van der Waals surface area contributed by atoms with E-state index in [9.17, 15) is 9.59 Å². The predicted molar refractivity (Wildman–Crippen MR) is 120 cm³/mol. The number of carbonyl (C=O) groups is 2. The molecule has 0 bridgehead atoms. The molecule has 1 aliphatic carbocycles. The van der Waals surface area contributed by atoms with Crippen LogP contribution in [0.1, 0.15) is 49.7 Å². The lowest BCUT2D eigenvalue weighted by atomic mass is 9.94. The molecule has 2 aliphatic rings. The van der Waals surface area contributed by atoms with Crippen LogP contribution in [0.3, 0.4) is 0 Å². The average Bonchev–Trinajstić information content (AvgIpc) is 3.12. The fourth-order valence-corrected chi connectivity index (χ4v) is 4.61. The Kier molecular flexibility index (Phi) is 6.63. The Morgan fingerprint density at radius 2 is 1.60 bits per heavy atom. The van der Waals surface area contributed by atoms with Crippen LogP contribution in [0.5, 0.6) is 0 Å². The van der Waals surface area contributed by atoms with E-state index in [0.29, 0.717) is 6.54 Å². The molecule has 4 nitrogen and oxygen atoms in total. The van der Waals surface area contributed by atoms with Crippen LogP contribution in [0.25, 0.3) is 5.57 Å². The first-order valence-corrected chi connectivity index (χ1v) is 11.1. The molecule has 2 aromatic rings. The van der Waals surface area contributed by atoms with Gasteiger partial charge >= 0.3 is 0 Å². The first-order valence-electron chi connectivity index (χ1n) is 11.1. The van der Waals surface area contributed by atoms with Crippen molar-refractivity contribution < 1.29 is 9.59 Å². The number of aryl methyl sites for hydroxylation is 1. The zero-order valence-corrected chi connectivity index (χ0v) is 17.4. The Bertz CT molecular complexity index is 886. The van der Waals surface area contributed by atoms with Crippen LogP contribution in [0.4, 0.5) is 0 Å². The van der Waals surface area contributed by atoms with Crippen LogP contribution in [-0.2, 0) is 16.0 Å². The Hall–Kier alpha value is -2.88. The highest BCUT2D eigenvalue weighted by Crippen LogP contribution is 2.30. The van der Waals surface area contributed by atoms with Gasteiger partial charge in [-0.05, 0) is 42.4 Å². The van der Waals surface area contributed by atoms with Gasteiger partial charge in [0, 0.05) is 18.7 Å². The Balaban J connectivity index is 1.49. The zero-order valence-electron chi connectivity index (χ0n) is 17.4. The number of rotatable bonds is 7. The molecule has 1 aliphatic heterocycles. The summed E-state index contributed by atoms with van der Waals surface area (Å²) in [6, 6.07) is 19.8. The van der Waals surface area contributed by atoms with Gasteiger partial charge in [-0.2, -0.15) is 0 Å². The van der Waals surface area contributed by atoms with E-state index in [1.54, 1.807) is 11.0 Å². The fourth-order valence-electron chi connectivity index (χ4n) is 4.61. The first-order chi connectivity index (χ1) is 14.7. The van der Waals surface area contributed by atoms with Crippen molar-refractivity contribution in [1.82, 2.24) is 10.2 Å². The summed E-state index contributed by atoms with van der Waals surface area (Å²) in [5.41, 5.74) is 3.01. The number of amides is 2. The predicted octanol–water partition coefficient (Wildman–Crippen LogP) is 4.36. The van der Waals surface area contributed by atoms with Crippen LogP contribution in [0.15, 0.2) is 66.7 Å². The molecular formula is C26H30N2O2. The lowest BCUT2D eigenvalue weighted by molar-refractivity contribution is -0.134. The van der Waals surface area contributed by atoms with Gasteiger partial charge in [0.2, 0.25) is 11.8 Å². The molecular weight excluding hydrogens is 372 g/mol. The molecule has 0 radical (unpaired) electrons. The molecule has 4 rings (SSSR count). The maximum Gasteiger partial charge on any atom is 0.247 e. The number of hydrogen-bond donors (Lipinski definition) is 1. The minimum absolute atomic E-state index is 0.0393. The van der Waals surface area contributed by atoms with E-state index in [1.165, 1.54) is 12.0 Å². The van der Waals surface area contributed by atoms with Gasteiger partial charge < -0.3 is 10.2 Å². The summed E-state index contributed by atoms with van der Waals surface area (Å²) in [6.45, 7) is 0.573. The molecule has 1 fully saturated rings. The van der Waals surface area contributed by atoms with Crippen molar-refractivity contribution >= 4 is 17.4 Å². The molecule has 1 unspecified atom stereocenters. The van der Waals surface area contributed by atoms with Crippen molar-refractivity contribution in [3.8, 4) is 0 Å². The molecule has 1 heterocycles. The molecule has 1 saturated carbocycles. The summed E-state index contributed by atoms with van der Waals surface area (Å²) in [5.74, 6) is -0.103. The smallest absolute Gasteiger partial charge is 0.247 e. The summed E-state index contributed by atoms with van der Waals surface area (Å²) in [6.07, 6.45) is 9.02. The van der Waals surface area contributed by atoms with E-state index < -0.39 is 6.04 Å². The van der Waals surface area contributed by atoms with Crippen molar-refractivity contribution in [1.29, 1.82) is 0 Å². The number of hydrogen-bond acceptors (Lipinski definition) is 2. The average molecular weight is 403 g/mol. The second-order valence-electron chi connectivity index (χ2n) is 8.33. The van der Waals surface area contributed by atoms with Gasteiger partial charge in [-0.25, -0.2) is 0 Å². The van der Waals surface area contributed by atoms with Crippen LogP contribution in [-0.4, -0.2) is 35.3 Å². The summed E-state index contributed by atoms with van der Waals surface area (Å²) in [7, 11) is 0. The number of nitrogens with one attached hydrogen (secondary N) is 1. The summed E-state index contributed by atoms with van der Waals surface area (Å²) in [4.78, 5) is 28.0. The van der Waals surface area contributed by atoms with Crippen LogP contribution in [0, 0.1) is 0 Å². The molecule has 30 heavy (non-hydrogen) atoms. The van der Waals surface area contributed by atoms with Crippen molar-refractivity contribution in [3.63, 3.8) is 0 Å². The Labute approximate surface area is 179 Å². The third-order valence-electron chi connectivity index (χ3n) is 6.18. The van der Waals surface area contributed by atoms with Crippen LogP contribution in [0.2, 0.25) is 0 Å². The molecule has 156 valence electrons. The minimum atomic E-state index is -0.544. The van der Waals surface area contributed by atoms with E-state index >= 15 is 0 Å². The molecule has 0 aromatic heterocycles. The molecule has 1 atom stereocenters. The SMILES string of the molecule is O=C(NC1CCCCC1)C1C(c2ccccc2)=CC(=O)N1CCCc1ccccc1. The van der Waals surface area contributed by atoms with Crippen molar-refractivity contribution in [2.45, 2.75) is 57.0 Å². The van der Waals surface area contributed by atoms with E-state index in [-0.39, 0.29) is 17.9 Å². The van der Waals surface area contributed by atoms with Gasteiger partial charge in [-0.1, -0.05) is 79.9 Å². The van der Waals surface area contributed by atoms with Crippen LogP contribution < -0.4 is 5.32 Å². The highest BCUT2D eigenvalue weighted by Gasteiger charge is 2.38. The second-order valence-corrected chi connectivity index (χ2v) is 8.33. The van der Waals surface area contributed by atoms with E-state index in [0.717, 1.165) is 49.7 Å². The van der Waals surface area contributed by atoms with Gasteiger partial charge in [0.1, 0.15) is 6.04 Å². The normalized spacial score (nSPS) is 19.6. The van der Waals surface area contributed by atoms with Gasteiger partial charge in [-0.15, -0.1) is 0 Å². The molecule has 4 heteroatoms. The van der Waals surface area contributed by atoms with E-state index in [2.05, 4.69) is 17.4 Å². The van der Waals surface area contributed by atoms with Gasteiger partial charge in [0.15, 0.2) is 0 Å². The van der Waals surface area contributed by atoms with Gasteiger partial charge in [0.25, 0.3) is 0 Å². The lowest BCUT2D eigenvalue weighted by Crippen LogP contribution is -2.49. The summed E-state index contributed by atoms with van der Waals surface area (Å²) < 4.78 is 0. The minimum Gasteiger partial charge on any atom is -0.351 e. The highest BCUT2D eigenvalue weighted by atomic mass is 16.2. The summed E-state index contributed by atoms with van der Waals surface area (Å²) in [5, 5.41) is 3.25. The third kappa shape index (κ3) is 4.81. The second kappa shape index (κ2) is 9.75. The highest BCUT2D eigenvalue weighted by molar-refractivity contribution is 6.10. The molecule has 2 amide bonds. The van der Waals surface area contributed by atoms with Crippen molar-refractivity contribution in [2.24, 2.45) is 0 Å². The van der Waals surface area contributed by atoms with Crippen molar-refractivity contribution in [3.05, 3.63) is 77.9 Å². The molecule has 2 aromatic carbocycles. The number of carbonyl (C=O) groups excluding carboxylic acids is 2. The number of nitrogens with zero attached hydrogens (tertiary/aromatic N) is 1. The maximum absolute atomic E-state index is 13.3. The molecule has 0 saturated heterocycles. The quantitative estimate of drug-likeness (QED) is 0.748. The Morgan fingerprint density at radius 3 is 2.30 bits per heavy atom. The van der Waals surface area contributed by atoms with Gasteiger partial charge in [0.05, 0.1) is 0 Å². The van der Waals surface area contributed by atoms with Crippen LogP contribution >= 0.6 is 0 Å². The molecule has 0 spiro atoms. The molecule has 1 N–H and O–H groups in total. The standard InChI is InChI=1S/C26H30N2O2/c29-24-19-23(21-14-6-2-7-15-21)25(26(30)27-22-16-8-3-9-17-22)28(24)18-10-13-20-11-4-1-5-12-20/h1-2,4-7,11-12,14-15,19,22,25H,3,8-10,13,16-18H2,(H,27,30). The topological polar surface area (TPSA) is 49.4 Å². The number of benzene rings is 2. The van der Waals surface area contributed by atoms with Crippen molar-refractivity contribution in [2.75, 3.05) is 6.54 Å². The first kappa shape index (κ1) is 20.4. The lowest BCUT2D eigenvalue weighted by Gasteiger charge is -2.30. The largest absolute Gasteiger partial charge is 0.351 e. The van der Waals surface area contributed by atoms with Gasteiger partial charge in [-0.3, -0.25) is 9.59 Å².